The summed E-state index contributed by atoms with van der Waals surface area (Å²) in [5.74, 6) is 0. The highest BCUT2D eigenvalue weighted by atomic mass is 16.7. The van der Waals surface area contributed by atoms with E-state index in [0.717, 1.165) is 12.1 Å². The van der Waals surface area contributed by atoms with Crippen LogP contribution in [-0.2, 0) is 16.0 Å². The van der Waals surface area contributed by atoms with Gasteiger partial charge in [0.05, 0.1) is 13.2 Å². The summed E-state index contributed by atoms with van der Waals surface area (Å²) >= 11 is 0. The van der Waals surface area contributed by atoms with E-state index in [0.29, 0.717) is 19.3 Å². The third kappa shape index (κ3) is 4.30. The van der Waals surface area contributed by atoms with E-state index in [1.165, 1.54) is 24.8 Å². The first-order chi connectivity index (χ1) is 9.31. The van der Waals surface area contributed by atoms with E-state index < -0.39 is 0 Å². The first-order valence-corrected chi connectivity index (χ1v) is 7.35. The SMILES string of the molecule is CCCCC(C)NCc1ccccc1C1OCCO1. The van der Waals surface area contributed by atoms with Crippen molar-refractivity contribution in [3.8, 4) is 0 Å². The van der Waals surface area contributed by atoms with Crippen LogP contribution < -0.4 is 5.32 Å². The molecule has 1 aromatic rings. The molecule has 3 nitrogen and oxygen atoms in total. The molecule has 0 aromatic heterocycles. The topological polar surface area (TPSA) is 30.5 Å². The number of hydrogen-bond acceptors (Lipinski definition) is 3. The first-order valence-electron chi connectivity index (χ1n) is 7.35. The highest BCUT2D eigenvalue weighted by Gasteiger charge is 2.20. The predicted molar refractivity (Wildman–Crippen MR) is 76.9 cm³/mol. The lowest BCUT2D eigenvalue weighted by molar-refractivity contribution is -0.0447. The van der Waals surface area contributed by atoms with Crippen molar-refractivity contribution in [3.05, 3.63) is 35.4 Å². The zero-order valence-corrected chi connectivity index (χ0v) is 12.0. The summed E-state index contributed by atoms with van der Waals surface area (Å²) in [6, 6.07) is 8.93. The molecule has 0 saturated carbocycles. The minimum atomic E-state index is -0.177. The van der Waals surface area contributed by atoms with E-state index in [-0.39, 0.29) is 6.29 Å². The molecule has 3 heteroatoms. The Morgan fingerprint density at radius 1 is 1.26 bits per heavy atom. The van der Waals surface area contributed by atoms with Gasteiger partial charge < -0.3 is 14.8 Å². The van der Waals surface area contributed by atoms with Crippen LogP contribution in [-0.4, -0.2) is 19.3 Å². The average molecular weight is 263 g/mol. The van der Waals surface area contributed by atoms with E-state index in [2.05, 4.69) is 37.4 Å². The molecule has 106 valence electrons. The van der Waals surface area contributed by atoms with Crippen LogP contribution in [0, 0.1) is 0 Å². The van der Waals surface area contributed by atoms with Crippen LogP contribution in [0.3, 0.4) is 0 Å². The fourth-order valence-electron chi connectivity index (χ4n) is 2.36. The van der Waals surface area contributed by atoms with Crippen LogP contribution in [0.5, 0.6) is 0 Å². The van der Waals surface area contributed by atoms with E-state index >= 15 is 0 Å². The summed E-state index contributed by atoms with van der Waals surface area (Å²) < 4.78 is 11.2. The van der Waals surface area contributed by atoms with Gasteiger partial charge in [0.1, 0.15) is 0 Å². The molecule has 0 aliphatic carbocycles. The fourth-order valence-corrected chi connectivity index (χ4v) is 2.36. The lowest BCUT2D eigenvalue weighted by Crippen LogP contribution is -2.26. The zero-order valence-electron chi connectivity index (χ0n) is 12.0. The summed E-state index contributed by atoms with van der Waals surface area (Å²) in [6.07, 6.45) is 3.59. The summed E-state index contributed by atoms with van der Waals surface area (Å²) in [7, 11) is 0. The molecular formula is C16H25NO2. The van der Waals surface area contributed by atoms with Gasteiger partial charge in [-0.2, -0.15) is 0 Å². The van der Waals surface area contributed by atoms with Gasteiger partial charge in [-0.05, 0) is 18.9 Å². The van der Waals surface area contributed by atoms with Crippen LogP contribution in [0.4, 0.5) is 0 Å². The number of rotatable bonds is 7. The molecule has 1 unspecified atom stereocenters. The normalized spacial score (nSPS) is 17.8. The van der Waals surface area contributed by atoms with Crippen molar-refractivity contribution in [2.75, 3.05) is 13.2 Å². The van der Waals surface area contributed by atoms with Crippen molar-refractivity contribution in [2.24, 2.45) is 0 Å². The molecule has 1 heterocycles. The molecule has 1 saturated heterocycles. The van der Waals surface area contributed by atoms with Gasteiger partial charge in [0.2, 0.25) is 0 Å². The Morgan fingerprint density at radius 2 is 2.00 bits per heavy atom. The molecule has 1 aliphatic rings. The second-order valence-corrected chi connectivity index (χ2v) is 5.20. The van der Waals surface area contributed by atoms with Gasteiger partial charge in [-0.15, -0.1) is 0 Å². The van der Waals surface area contributed by atoms with Gasteiger partial charge in [-0.25, -0.2) is 0 Å². The lowest BCUT2D eigenvalue weighted by atomic mass is 10.1. The second kappa shape index (κ2) is 7.63. The predicted octanol–water partition coefficient (Wildman–Crippen LogP) is 3.40. The van der Waals surface area contributed by atoms with E-state index in [1.54, 1.807) is 0 Å². The third-order valence-electron chi connectivity index (χ3n) is 3.56. The van der Waals surface area contributed by atoms with Crippen LogP contribution in [0.25, 0.3) is 0 Å². The summed E-state index contributed by atoms with van der Waals surface area (Å²) in [5, 5.41) is 3.59. The van der Waals surface area contributed by atoms with Gasteiger partial charge in [0.25, 0.3) is 0 Å². The van der Waals surface area contributed by atoms with Crippen LogP contribution in [0.1, 0.15) is 50.5 Å². The average Bonchev–Trinajstić information content (AvgIpc) is 2.97. The maximum atomic E-state index is 5.60. The monoisotopic (exact) mass is 263 g/mol. The number of nitrogens with one attached hydrogen (secondary N) is 1. The molecule has 2 rings (SSSR count). The van der Waals surface area contributed by atoms with Crippen LogP contribution in [0.15, 0.2) is 24.3 Å². The Labute approximate surface area is 116 Å². The Balaban J connectivity index is 1.92. The molecule has 1 N–H and O–H groups in total. The lowest BCUT2D eigenvalue weighted by Gasteiger charge is -2.18. The first kappa shape index (κ1) is 14.5. The molecule has 1 aliphatic heterocycles. The van der Waals surface area contributed by atoms with Gasteiger partial charge in [0.15, 0.2) is 6.29 Å². The Bertz CT molecular complexity index is 375. The summed E-state index contributed by atoms with van der Waals surface area (Å²) in [4.78, 5) is 0. The van der Waals surface area contributed by atoms with E-state index in [9.17, 15) is 0 Å². The molecular weight excluding hydrogens is 238 g/mol. The molecule has 0 bridgehead atoms. The number of ether oxygens (including phenoxy) is 2. The molecule has 0 spiro atoms. The number of unbranched alkanes of at least 4 members (excludes halogenated alkanes) is 1. The summed E-state index contributed by atoms with van der Waals surface area (Å²) in [5.41, 5.74) is 2.44. The Hall–Kier alpha value is -0.900. The van der Waals surface area contributed by atoms with Crippen molar-refractivity contribution >= 4 is 0 Å². The van der Waals surface area contributed by atoms with Gasteiger partial charge >= 0.3 is 0 Å². The molecule has 0 amide bonds. The minimum absolute atomic E-state index is 0.177. The van der Waals surface area contributed by atoms with Crippen LogP contribution in [0.2, 0.25) is 0 Å². The molecule has 1 atom stereocenters. The van der Waals surface area contributed by atoms with Crippen LogP contribution >= 0.6 is 0 Å². The molecule has 19 heavy (non-hydrogen) atoms. The molecule has 1 aromatic carbocycles. The second-order valence-electron chi connectivity index (χ2n) is 5.20. The van der Waals surface area contributed by atoms with Crippen molar-refractivity contribution in [2.45, 2.75) is 52.0 Å². The van der Waals surface area contributed by atoms with Gasteiger partial charge in [-0.3, -0.25) is 0 Å². The van der Waals surface area contributed by atoms with Gasteiger partial charge in [0, 0.05) is 18.2 Å². The largest absolute Gasteiger partial charge is 0.346 e. The quantitative estimate of drug-likeness (QED) is 0.818. The smallest absolute Gasteiger partial charge is 0.184 e. The number of benzene rings is 1. The third-order valence-corrected chi connectivity index (χ3v) is 3.56. The Morgan fingerprint density at radius 3 is 2.74 bits per heavy atom. The van der Waals surface area contributed by atoms with E-state index in [4.69, 9.17) is 9.47 Å². The van der Waals surface area contributed by atoms with Crippen molar-refractivity contribution in [3.63, 3.8) is 0 Å². The van der Waals surface area contributed by atoms with Gasteiger partial charge in [-0.1, -0.05) is 44.0 Å². The number of hydrogen-bond donors (Lipinski definition) is 1. The highest BCUT2D eigenvalue weighted by Crippen LogP contribution is 2.26. The molecule has 0 radical (unpaired) electrons. The van der Waals surface area contributed by atoms with Crippen molar-refractivity contribution in [1.29, 1.82) is 0 Å². The minimum Gasteiger partial charge on any atom is -0.346 e. The van der Waals surface area contributed by atoms with Crippen molar-refractivity contribution in [1.82, 2.24) is 5.32 Å². The maximum Gasteiger partial charge on any atom is 0.184 e. The zero-order chi connectivity index (χ0) is 13.5. The highest BCUT2D eigenvalue weighted by molar-refractivity contribution is 5.28. The maximum absolute atomic E-state index is 5.60. The Kier molecular flexibility index (Phi) is 5.83. The standard InChI is InChI=1S/C16H25NO2/c1-3-4-7-13(2)17-12-14-8-5-6-9-15(14)16-18-10-11-19-16/h5-6,8-9,13,16-17H,3-4,7,10-12H2,1-2H3. The summed E-state index contributed by atoms with van der Waals surface area (Å²) in [6.45, 7) is 6.75. The van der Waals surface area contributed by atoms with Crippen molar-refractivity contribution < 1.29 is 9.47 Å². The molecule has 1 fully saturated rings. The fraction of sp³-hybridized carbons (Fsp3) is 0.625. The van der Waals surface area contributed by atoms with E-state index in [1.807, 2.05) is 6.07 Å².